The molecular formula is C10H10BrIOS. The van der Waals surface area contributed by atoms with Gasteiger partial charge in [-0.3, -0.25) is 4.79 Å². The van der Waals surface area contributed by atoms with Crippen LogP contribution >= 0.6 is 50.3 Å². The number of ketones is 1. The fourth-order valence-corrected chi connectivity index (χ4v) is 2.39. The fourth-order valence-electron chi connectivity index (χ4n) is 1.04. The highest BCUT2D eigenvalue weighted by atomic mass is 127. The number of carbonyl (C=O) groups excluding carboxylic acids is 1. The second-order valence-corrected chi connectivity index (χ2v) is 5.88. The van der Waals surface area contributed by atoms with Crippen molar-refractivity contribution in [2.45, 2.75) is 6.42 Å². The number of Topliss-reactive ketones (excluding diaryl/α,β-unsaturated/α-hetero) is 1. The second kappa shape index (κ2) is 6.12. The van der Waals surface area contributed by atoms with Crippen LogP contribution in [-0.2, 0) is 0 Å². The summed E-state index contributed by atoms with van der Waals surface area (Å²) in [7, 11) is 0. The highest BCUT2D eigenvalue weighted by Gasteiger charge is 2.09. The van der Waals surface area contributed by atoms with E-state index < -0.39 is 0 Å². The van der Waals surface area contributed by atoms with Crippen LogP contribution in [0.4, 0.5) is 0 Å². The maximum absolute atomic E-state index is 11.7. The Bertz CT molecular complexity index is 341. The van der Waals surface area contributed by atoms with Crippen LogP contribution in [-0.4, -0.2) is 17.8 Å². The molecule has 0 bridgehead atoms. The van der Waals surface area contributed by atoms with Crippen LogP contribution in [0.5, 0.6) is 0 Å². The third kappa shape index (κ3) is 3.55. The van der Waals surface area contributed by atoms with Crippen LogP contribution < -0.4 is 0 Å². The Morgan fingerprint density at radius 3 is 2.93 bits per heavy atom. The average Bonchev–Trinajstić information content (AvgIpc) is 2.18. The molecule has 0 aliphatic heterocycles. The number of thioether (sulfide) groups is 1. The maximum atomic E-state index is 11.7. The van der Waals surface area contributed by atoms with E-state index in [-0.39, 0.29) is 5.78 Å². The van der Waals surface area contributed by atoms with Crippen molar-refractivity contribution in [1.82, 2.24) is 0 Å². The van der Waals surface area contributed by atoms with Crippen LogP contribution in [0.25, 0.3) is 0 Å². The first kappa shape index (κ1) is 12.5. The lowest BCUT2D eigenvalue weighted by molar-refractivity contribution is 0.0989. The molecule has 1 aromatic carbocycles. The van der Waals surface area contributed by atoms with Crippen molar-refractivity contribution in [3.05, 3.63) is 31.8 Å². The first-order chi connectivity index (χ1) is 6.65. The molecule has 1 nitrogen and oxygen atoms in total. The molecule has 0 saturated heterocycles. The lowest BCUT2D eigenvalue weighted by Gasteiger charge is -2.03. The molecule has 14 heavy (non-hydrogen) atoms. The quantitative estimate of drug-likeness (QED) is 0.576. The molecule has 1 rings (SSSR count). The van der Waals surface area contributed by atoms with Crippen LogP contribution in [0.3, 0.4) is 0 Å². The zero-order chi connectivity index (χ0) is 10.6. The first-order valence-corrected chi connectivity index (χ1v) is 7.39. The van der Waals surface area contributed by atoms with Gasteiger partial charge in [-0.15, -0.1) is 0 Å². The summed E-state index contributed by atoms with van der Waals surface area (Å²) in [5, 5.41) is 0. The van der Waals surface area contributed by atoms with Gasteiger partial charge in [0.2, 0.25) is 0 Å². The molecule has 0 aromatic heterocycles. The van der Waals surface area contributed by atoms with Gasteiger partial charge >= 0.3 is 0 Å². The molecule has 1 aromatic rings. The van der Waals surface area contributed by atoms with Crippen molar-refractivity contribution in [2.24, 2.45) is 0 Å². The molecule has 4 heteroatoms. The lowest BCUT2D eigenvalue weighted by atomic mass is 10.1. The Morgan fingerprint density at radius 2 is 2.29 bits per heavy atom. The molecule has 0 heterocycles. The zero-order valence-electron chi connectivity index (χ0n) is 7.72. The summed E-state index contributed by atoms with van der Waals surface area (Å²) in [6, 6.07) is 5.83. The molecular weight excluding hydrogens is 375 g/mol. The van der Waals surface area contributed by atoms with E-state index >= 15 is 0 Å². The van der Waals surface area contributed by atoms with Gasteiger partial charge < -0.3 is 0 Å². The van der Waals surface area contributed by atoms with Crippen molar-refractivity contribution in [3.8, 4) is 0 Å². The van der Waals surface area contributed by atoms with Crippen molar-refractivity contribution in [1.29, 1.82) is 0 Å². The molecule has 0 atom stereocenters. The van der Waals surface area contributed by atoms with Crippen molar-refractivity contribution in [3.63, 3.8) is 0 Å². The smallest absolute Gasteiger partial charge is 0.164 e. The van der Waals surface area contributed by atoms with Crippen molar-refractivity contribution < 1.29 is 4.79 Å². The van der Waals surface area contributed by atoms with E-state index in [2.05, 4.69) is 38.5 Å². The standard InChI is InChI=1S/C10H10BrIOS/c1-14-5-4-10(13)8-6-7(12)2-3-9(8)11/h2-3,6H,4-5H2,1H3. The molecule has 0 unspecified atom stereocenters. The minimum atomic E-state index is 0.213. The van der Waals surface area contributed by atoms with Crippen molar-refractivity contribution in [2.75, 3.05) is 12.0 Å². The third-order valence-electron chi connectivity index (χ3n) is 1.76. The van der Waals surface area contributed by atoms with Gasteiger partial charge in [0.1, 0.15) is 0 Å². The Balaban J connectivity index is 2.83. The monoisotopic (exact) mass is 384 g/mol. The minimum Gasteiger partial charge on any atom is -0.294 e. The number of rotatable bonds is 4. The summed E-state index contributed by atoms with van der Waals surface area (Å²) in [4.78, 5) is 11.7. The minimum absolute atomic E-state index is 0.213. The normalized spacial score (nSPS) is 10.2. The second-order valence-electron chi connectivity index (χ2n) is 2.79. The molecule has 76 valence electrons. The maximum Gasteiger partial charge on any atom is 0.164 e. The fraction of sp³-hybridized carbons (Fsp3) is 0.300. The van der Waals surface area contributed by atoms with Crippen LogP contribution in [0, 0.1) is 3.57 Å². The Hall–Kier alpha value is 0.450. The van der Waals surface area contributed by atoms with Gasteiger partial charge in [0.25, 0.3) is 0 Å². The first-order valence-electron chi connectivity index (χ1n) is 4.12. The summed E-state index contributed by atoms with van der Waals surface area (Å²) in [6.45, 7) is 0. The Morgan fingerprint density at radius 1 is 1.57 bits per heavy atom. The molecule has 0 radical (unpaired) electrons. The number of hydrogen-bond donors (Lipinski definition) is 0. The van der Waals surface area contributed by atoms with Crippen molar-refractivity contribution >= 4 is 56.1 Å². The number of carbonyl (C=O) groups is 1. The Labute approximate surface area is 110 Å². The summed E-state index contributed by atoms with van der Waals surface area (Å²) >= 11 is 7.30. The molecule has 0 amide bonds. The average molecular weight is 385 g/mol. The van der Waals surface area contributed by atoms with Crippen LogP contribution in [0.15, 0.2) is 22.7 Å². The number of halogens is 2. The largest absolute Gasteiger partial charge is 0.294 e. The predicted molar refractivity (Wildman–Crippen MR) is 74.2 cm³/mol. The van der Waals surface area contributed by atoms with Gasteiger partial charge in [0, 0.05) is 25.8 Å². The highest BCUT2D eigenvalue weighted by Crippen LogP contribution is 2.21. The van der Waals surface area contributed by atoms with E-state index in [1.807, 2.05) is 24.5 Å². The van der Waals surface area contributed by atoms with Gasteiger partial charge in [-0.25, -0.2) is 0 Å². The molecule has 0 fully saturated rings. The molecule has 0 aliphatic carbocycles. The lowest BCUT2D eigenvalue weighted by Crippen LogP contribution is -2.01. The molecule has 0 saturated carbocycles. The SMILES string of the molecule is CSCCC(=O)c1cc(I)ccc1Br. The summed E-state index contributed by atoms with van der Waals surface area (Å²) in [5.41, 5.74) is 0.797. The van der Waals surface area contributed by atoms with Crippen LogP contribution in [0.1, 0.15) is 16.8 Å². The zero-order valence-corrected chi connectivity index (χ0v) is 12.3. The van der Waals surface area contributed by atoms with Gasteiger partial charge in [-0.1, -0.05) is 15.9 Å². The third-order valence-corrected chi connectivity index (χ3v) is 3.74. The van der Waals surface area contributed by atoms with E-state index in [1.54, 1.807) is 11.8 Å². The number of hydrogen-bond acceptors (Lipinski definition) is 2. The van der Waals surface area contributed by atoms with Gasteiger partial charge in [0.15, 0.2) is 5.78 Å². The van der Waals surface area contributed by atoms with E-state index in [4.69, 9.17) is 0 Å². The van der Waals surface area contributed by atoms with Crippen LogP contribution in [0.2, 0.25) is 0 Å². The molecule has 0 aliphatic rings. The van der Waals surface area contributed by atoms with E-state index in [0.29, 0.717) is 6.42 Å². The topological polar surface area (TPSA) is 17.1 Å². The molecule has 0 spiro atoms. The summed E-state index contributed by atoms with van der Waals surface area (Å²) in [6.07, 6.45) is 2.62. The summed E-state index contributed by atoms with van der Waals surface area (Å²) in [5.74, 6) is 1.10. The molecule has 0 N–H and O–H groups in total. The Kier molecular flexibility index (Phi) is 5.48. The van der Waals surface area contributed by atoms with E-state index in [0.717, 1.165) is 19.4 Å². The van der Waals surface area contributed by atoms with Gasteiger partial charge in [-0.2, -0.15) is 11.8 Å². The number of benzene rings is 1. The summed E-state index contributed by atoms with van der Waals surface area (Å²) < 4.78 is 1.99. The highest BCUT2D eigenvalue weighted by molar-refractivity contribution is 14.1. The predicted octanol–water partition coefficient (Wildman–Crippen LogP) is 3.99. The van der Waals surface area contributed by atoms with Gasteiger partial charge in [-0.05, 0) is 47.0 Å². The van der Waals surface area contributed by atoms with E-state index in [1.165, 1.54) is 0 Å². The van der Waals surface area contributed by atoms with E-state index in [9.17, 15) is 4.79 Å². The van der Waals surface area contributed by atoms with Gasteiger partial charge in [0.05, 0.1) is 0 Å².